The average molecular weight is 282 g/mol. The predicted octanol–water partition coefficient (Wildman–Crippen LogP) is 3.18. The Balaban J connectivity index is 2.09. The van der Waals surface area contributed by atoms with E-state index in [-0.39, 0.29) is 5.54 Å². The average Bonchev–Trinajstić information content (AvgIpc) is 2.45. The lowest BCUT2D eigenvalue weighted by Crippen LogP contribution is -2.66. The molecule has 0 aromatic rings. The lowest BCUT2D eigenvalue weighted by molar-refractivity contribution is -0.0923. The molecule has 0 amide bonds. The Morgan fingerprint density at radius 3 is 2.60 bits per heavy atom. The standard InChI is InChI=1S/C17H34N2O/c1-4-12-20-15-8-7-11-19(13-15)17(14-18)10-6-5-9-16(17,2)3/h15H,4-14,18H2,1-3H3. The molecule has 1 aliphatic heterocycles. The second-order valence-corrected chi connectivity index (χ2v) is 7.41. The highest BCUT2D eigenvalue weighted by atomic mass is 16.5. The molecule has 1 heterocycles. The van der Waals surface area contributed by atoms with Gasteiger partial charge in [0.25, 0.3) is 0 Å². The van der Waals surface area contributed by atoms with Crippen molar-refractivity contribution in [3.8, 4) is 0 Å². The Kier molecular flexibility index (Phi) is 5.49. The summed E-state index contributed by atoms with van der Waals surface area (Å²) in [6, 6.07) is 0. The highest BCUT2D eigenvalue weighted by Gasteiger charge is 2.50. The SMILES string of the molecule is CCCOC1CCCN(C2(CN)CCCCC2(C)C)C1. The van der Waals surface area contributed by atoms with Gasteiger partial charge in [0.2, 0.25) is 0 Å². The van der Waals surface area contributed by atoms with E-state index in [1.165, 1.54) is 45.1 Å². The zero-order valence-electron chi connectivity index (χ0n) is 13.8. The Labute approximate surface area is 125 Å². The number of nitrogens with two attached hydrogens (primary N) is 1. The number of hydrogen-bond acceptors (Lipinski definition) is 3. The van der Waals surface area contributed by atoms with Crippen molar-refractivity contribution in [3.05, 3.63) is 0 Å². The summed E-state index contributed by atoms with van der Waals surface area (Å²) < 4.78 is 6.03. The van der Waals surface area contributed by atoms with Gasteiger partial charge in [-0.15, -0.1) is 0 Å². The van der Waals surface area contributed by atoms with E-state index in [0.717, 1.165) is 26.1 Å². The fraction of sp³-hybridized carbons (Fsp3) is 1.00. The second-order valence-electron chi connectivity index (χ2n) is 7.41. The molecule has 0 spiro atoms. The molecule has 3 nitrogen and oxygen atoms in total. The summed E-state index contributed by atoms with van der Waals surface area (Å²) in [7, 11) is 0. The topological polar surface area (TPSA) is 38.5 Å². The van der Waals surface area contributed by atoms with E-state index < -0.39 is 0 Å². The highest BCUT2D eigenvalue weighted by Crippen LogP contribution is 2.47. The van der Waals surface area contributed by atoms with E-state index in [2.05, 4.69) is 25.7 Å². The molecular weight excluding hydrogens is 248 g/mol. The molecule has 2 N–H and O–H groups in total. The first kappa shape index (κ1) is 16.3. The van der Waals surface area contributed by atoms with E-state index in [0.29, 0.717) is 11.5 Å². The molecule has 2 atom stereocenters. The number of hydrogen-bond donors (Lipinski definition) is 1. The van der Waals surface area contributed by atoms with Crippen molar-refractivity contribution in [3.63, 3.8) is 0 Å². The summed E-state index contributed by atoms with van der Waals surface area (Å²) >= 11 is 0. The van der Waals surface area contributed by atoms with Gasteiger partial charge in [0.05, 0.1) is 6.10 Å². The molecule has 1 saturated heterocycles. The fourth-order valence-electron chi connectivity index (χ4n) is 4.40. The number of rotatable bonds is 5. The predicted molar refractivity (Wildman–Crippen MR) is 84.9 cm³/mol. The van der Waals surface area contributed by atoms with E-state index >= 15 is 0 Å². The molecular formula is C17H34N2O. The van der Waals surface area contributed by atoms with Gasteiger partial charge in [0, 0.05) is 25.2 Å². The number of likely N-dealkylation sites (tertiary alicyclic amines) is 1. The van der Waals surface area contributed by atoms with Crippen LogP contribution in [0.2, 0.25) is 0 Å². The van der Waals surface area contributed by atoms with Gasteiger partial charge in [-0.3, -0.25) is 4.90 Å². The van der Waals surface area contributed by atoms with Crippen molar-refractivity contribution in [1.29, 1.82) is 0 Å². The van der Waals surface area contributed by atoms with E-state index in [9.17, 15) is 0 Å². The van der Waals surface area contributed by atoms with Crippen LogP contribution in [0.3, 0.4) is 0 Å². The molecule has 0 aromatic heterocycles. The molecule has 0 radical (unpaired) electrons. The molecule has 1 aliphatic carbocycles. The lowest BCUT2D eigenvalue weighted by atomic mass is 9.62. The molecule has 2 unspecified atom stereocenters. The minimum atomic E-state index is 0.194. The quantitative estimate of drug-likeness (QED) is 0.841. The Bertz CT molecular complexity index is 305. The third-order valence-electron chi connectivity index (χ3n) is 5.78. The fourth-order valence-corrected chi connectivity index (χ4v) is 4.40. The van der Waals surface area contributed by atoms with Crippen LogP contribution in [0.4, 0.5) is 0 Å². The smallest absolute Gasteiger partial charge is 0.0702 e. The summed E-state index contributed by atoms with van der Waals surface area (Å²) in [6.07, 6.45) is 9.27. The van der Waals surface area contributed by atoms with E-state index in [4.69, 9.17) is 10.5 Å². The van der Waals surface area contributed by atoms with Crippen molar-refractivity contribution in [2.24, 2.45) is 11.1 Å². The minimum absolute atomic E-state index is 0.194. The molecule has 2 fully saturated rings. The molecule has 0 bridgehead atoms. The van der Waals surface area contributed by atoms with Gasteiger partial charge >= 0.3 is 0 Å². The van der Waals surface area contributed by atoms with Gasteiger partial charge in [-0.1, -0.05) is 33.6 Å². The molecule has 1 saturated carbocycles. The van der Waals surface area contributed by atoms with Crippen molar-refractivity contribution in [2.75, 3.05) is 26.2 Å². The maximum Gasteiger partial charge on any atom is 0.0702 e. The van der Waals surface area contributed by atoms with Crippen molar-refractivity contribution in [2.45, 2.75) is 77.4 Å². The molecule has 0 aromatic carbocycles. The monoisotopic (exact) mass is 282 g/mol. The van der Waals surface area contributed by atoms with Crippen LogP contribution in [0, 0.1) is 5.41 Å². The maximum atomic E-state index is 6.31. The van der Waals surface area contributed by atoms with Crippen molar-refractivity contribution < 1.29 is 4.74 Å². The maximum absolute atomic E-state index is 6.31. The van der Waals surface area contributed by atoms with Gasteiger partial charge in [-0.25, -0.2) is 0 Å². The summed E-state index contributed by atoms with van der Waals surface area (Å²) in [6.45, 7) is 11.0. The first-order valence-corrected chi connectivity index (χ1v) is 8.62. The number of piperidine rings is 1. The van der Waals surface area contributed by atoms with Crippen LogP contribution < -0.4 is 5.73 Å². The van der Waals surface area contributed by atoms with E-state index in [1.54, 1.807) is 0 Å². The minimum Gasteiger partial charge on any atom is -0.377 e. The van der Waals surface area contributed by atoms with Crippen molar-refractivity contribution in [1.82, 2.24) is 4.90 Å². The summed E-state index contributed by atoms with van der Waals surface area (Å²) in [5.74, 6) is 0. The Morgan fingerprint density at radius 1 is 1.20 bits per heavy atom. The zero-order chi connectivity index (χ0) is 14.6. The first-order chi connectivity index (χ1) is 9.55. The number of ether oxygens (including phenoxy) is 1. The Morgan fingerprint density at radius 2 is 1.95 bits per heavy atom. The third-order valence-corrected chi connectivity index (χ3v) is 5.78. The van der Waals surface area contributed by atoms with Crippen LogP contribution in [0.25, 0.3) is 0 Å². The summed E-state index contributed by atoms with van der Waals surface area (Å²) in [5.41, 5.74) is 6.83. The van der Waals surface area contributed by atoms with Crippen LogP contribution in [0.5, 0.6) is 0 Å². The second kappa shape index (κ2) is 6.76. The molecule has 20 heavy (non-hydrogen) atoms. The van der Waals surface area contributed by atoms with Gasteiger partial charge in [-0.05, 0) is 44.1 Å². The van der Waals surface area contributed by atoms with Gasteiger partial charge in [0.15, 0.2) is 0 Å². The van der Waals surface area contributed by atoms with Crippen LogP contribution in [0.15, 0.2) is 0 Å². The molecule has 118 valence electrons. The van der Waals surface area contributed by atoms with Crippen LogP contribution in [-0.2, 0) is 4.74 Å². The zero-order valence-corrected chi connectivity index (χ0v) is 13.8. The van der Waals surface area contributed by atoms with Gasteiger partial charge < -0.3 is 10.5 Å². The molecule has 2 rings (SSSR count). The highest BCUT2D eigenvalue weighted by molar-refractivity contribution is 5.06. The van der Waals surface area contributed by atoms with Crippen molar-refractivity contribution >= 4 is 0 Å². The number of nitrogens with zero attached hydrogens (tertiary/aromatic N) is 1. The van der Waals surface area contributed by atoms with Crippen LogP contribution >= 0.6 is 0 Å². The van der Waals surface area contributed by atoms with Crippen LogP contribution in [-0.4, -0.2) is 42.8 Å². The van der Waals surface area contributed by atoms with Gasteiger partial charge in [0.1, 0.15) is 0 Å². The van der Waals surface area contributed by atoms with Crippen LogP contribution in [0.1, 0.15) is 65.7 Å². The molecule has 3 heteroatoms. The summed E-state index contributed by atoms with van der Waals surface area (Å²) in [5, 5.41) is 0. The largest absolute Gasteiger partial charge is 0.377 e. The Hall–Kier alpha value is -0.120. The molecule has 2 aliphatic rings. The van der Waals surface area contributed by atoms with E-state index in [1.807, 2.05) is 0 Å². The third kappa shape index (κ3) is 3.05. The van der Waals surface area contributed by atoms with Gasteiger partial charge in [-0.2, -0.15) is 0 Å². The normalized spacial score (nSPS) is 35.1. The lowest BCUT2D eigenvalue weighted by Gasteiger charge is -2.57. The first-order valence-electron chi connectivity index (χ1n) is 8.62. The summed E-state index contributed by atoms with van der Waals surface area (Å²) in [4.78, 5) is 2.69.